The van der Waals surface area contributed by atoms with E-state index in [-0.39, 0.29) is 5.91 Å². The molecule has 4 N–H and O–H groups in total. The Kier molecular flexibility index (Phi) is 4.82. The minimum Gasteiger partial charge on any atom is -0.397 e. The van der Waals surface area contributed by atoms with E-state index in [2.05, 4.69) is 24.5 Å². The van der Waals surface area contributed by atoms with Gasteiger partial charge in [-0.3, -0.25) is 4.79 Å². The smallest absolute Gasteiger partial charge is 0.251 e. The second-order valence-corrected chi connectivity index (χ2v) is 4.22. The molecule has 0 saturated carbocycles. The molecule has 0 aromatic heterocycles. The molecule has 1 unspecified atom stereocenters. The van der Waals surface area contributed by atoms with Gasteiger partial charge in [-0.15, -0.1) is 0 Å². The second kappa shape index (κ2) is 6.13. The van der Waals surface area contributed by atoms with Crippen molar-refractivity contribution in [3.8, 4) is 0 Å². The number of rotatable bonds is 5. The Labute approximate surface area is 103 Å². The topological polar surface area (TPSA) is 67.2 Å². The molecule has 1 amide bonds. The summed E-state index contributed by atoms with van der Waals surface area (Å²) in [5.41, 5.74) is 7.99. The first kappa shape index (κ1) is 13.4. The Morgan fingerprint density at radius 1 is 1.47 bits per heavy atom. The molecule has 1 aromatic rings. The van der Waals surface area contributed by atoms with E-state index in [1.165, 1.54) is 0 Å². The van der Waals surface area contributed by atoms with Crippen LogP contribution >= 0.6 is 0 Å². The fraction of sp³-hybridized carbons (Fsp3) is 0.462. The summed E-state index contributed by atoms with van der Waals surface area (Å²) in [6, 6.07) is 5.70. The number of anilines is 2. The van der Waals surface area contributed by atoms with Crippen molar-refractivity contribution in [2.75, 3.05) is 18.1 Å². The number of nitrogen functional groups attached to an aromatic ring is 1. The van der Waals surface area contributed by atoms with Gasteiger partial charge < -0.3 is 16.4 Å². The maximum Gasteiger partial charge on any atom is 0.251 e. The second-order valence-electron chi connectivity index (χ2n) is 4.22. The molecule has 1 atom stereocenters. The molecule has 1 rings (SSSR count). The van der Waals surface area contributed by atoms with Crippen molar-refractivity contribution in [3.05, 3.63) is 23.8 Å². The first-order chi connectivity index (χ1) is 8.08. The first-order valence-corrected chi connectivity index (χ1v) is 5.96. The van der Waals surface area contributed by atoms with Crippen LogP contribution in [0.3, 0.4) is 0 Å². The van der Waals surface area contributed by atoms with Gasteiger partial charge >= 0.3 is 0 Å². The van der Waals surface area contributed by atoms with Gasteiger partial charge in [0.2, 0.25) is 0 Å². The van der Waals surface area contributed by atoms with Crippen LogP contribution in [-0.4, -0.2) is 19.0 Å². The van der Waals surface area contributed by atoms with Crippen molar-refractivity contribution >= 4 is 17.3 Å². The van der Waals surface area contributed by atoms with Crippen molar-refractivity contribution in [1.29, 1.82) is 0 Å². The molecule has 0 bridgehead atoms. The Morgan fingerprint density at radius 2 is 2.18 bits per heavy atom. The number of benzene rings is 1. The van der Waals surface area contributed by atoms with Gasteiger partial charge in [0.25, 0.3) is 5.91 Å². The molecular weight excluding hydrogens is 214 g/mol. The molecule has 0 spiro atoms. The maximum absolute atomic E-state index is 11.4. The van der Waals surface area contributed by atoms with Crippen molar-refractivity contribution in [1.82, 2.24) is 5.32 Å². The third-order valence-corrected chi connectivity index (χ3v) is 2.66. The molecule has 94 valence electrons. The molecule has 4 heteroatoms. The van der Waals surface area contributed by atoms with E-state index in [4.69, 9.17) is 5.73 Å². The highest BCUT2D eigenvalue weighted by Gasteiger charge is 2.08. The van der Waals surface area contributed by atoms with Crippen LogP contribution in [0.5, 0.6) is 0 Å². The highest BCUT2D eigenvalue weighted by atomic mass is 16.1. The van der Waals surface area contributed by atoms with Crippen LogP contribution in [0.25, 0.3) is 0 Å². The Morgan fingerprint density at radius 3 is 2.71 bits per heavy atom. The lowest BCUT2D eigenvalue weighted by Crippen LogP contribution is -2.19. The molecule has 4 nitrogen and oxygen atoms in total. The standard InChI is InChI=1S/C13H21N3O/c1-4-5-9(2)16-12-7-6-10(8-11(12)14)13(17)15-3/h6-9,16H,4-5,14H2,1-3H3,(H,15,17). The molecular formula is C13H21N3O. The van der Waals surface area contributed by atoms with Crippen LogP contribution in [0.1, 0.15) is 37.0 Å². The number of hydrogen-bond acceptors (Lipinski definition) is 3. The van der Waals surface area contributed by atoms with Crippen LogP contribution in [0.15, 0.2) is 18.2 Å². The number of carbonyl (C=O) groups excluding carboxylic acids is 1. The molecule has 17 heavy (non-hydrogen) atoms. The average molecular weight is 235 g/mol. The van der Waals surface area contributed by atoms with E-state index in [9.17, 15) is 4.79 Å². The van der Waals surface area contributed by atoms with Gasteiger partial charge in [0.05, 0.1) is 11.4 Å². The van der Waals surface area contributed by atoms with Gasteiger partial charge in [0, 0.05) is 18.7 Å². The lowest BCUT2D eigenvalue weighted by Gasteiger charge is -2.16. The molecule has 0 radical (unpaired) electrons. The number of amides is 1. The van der Waals surface area contributed by atoms with Gasteiger partial charge in [-0.25, -0.2) is 0 Å². The molecule has 0 heterocycles. The van der Waals surface area contributed by atoms with Crippen LogP contribution in [0.4, 0.5) is 11.4 Å². The van der Waals surface area contributed by atoms with Crippen molar-refractivity contribution in [2.45, 2.75) is 32.7 Å². The van der Waals surface area contributed by atoms with Gasteiger partial charge in [-0.1, -0.05) is 13.3 Å². The normalized spacial score (nSPS) is 11.9. The van der Waals surface area contributed by atoms with E-state index in [0.717, 1.165) is 18.5 Å². The number of hydrogen-bond donors (Lipinski definition) is 3. The van der Waals surface area contributed by atoms with E-state index in [1.807, 2.05) is 6.07 Å². The lowest BCUT2D eigenvalue weighted by atomic mass is 10.1. The lowest BCUT2D eigenvalue weighted by molar-refractivity contribution is 0.0963. The highest BCUT2D eigenvalue weighted by Crippen LogP contribution is 2.21. The third kappa shape index (κ3) is 3.66. The highest BCUT2D eigenvalue weighted by molar-refractivity contribution is 5.95. The zero-order valence-electron chi connectivity index (χ0n) is 10.7. The maximum atomic E-state index is 11.4. The zero-order valence-corrected chi connectivity index (χ0v) is 10.7. The predicted molar refractivity (Wildman–Crippen MR) is 72.2 cm³/mol. The summed E-state index contributed by atoms with van der Waals surface area (Å²) in [4.78, 5) is 11.4. The zero-order chi connectivity index (χ0) is 12.8. The van der Waals surface area contributed by atoms with Crippen molar-refractivity contribution in [2.24, 2.45) is 0 Å². The third-order valence-electron chi connectivity index (χ3n) is 2.66. The van der Waals surface area contributed by atoms with Crippen molar-refractivity contribution in [3.63, 3.8) is 0 Å². The largest absolute Gasteiger partial charge is 0.397 e. The van der Waals surface area contributed by atoms with Gasteiger partial charge in [0.1, 0.15) is 0 Å². The molecule has 0 aliphatic rings. The fourth-order valence-corrected chi connectivity index (χ4v) is 1.75. The number of nitrogens with one attached hydrogen (secondary N) is 2. The molecule has 0 aliphatic carbocycles. The van der Waals surface area contributed by atoms with E-state index in [1.54, 1.807) is 19.2 Å². The fourth-order valence-electron chi connectivity index (χ4n) is 1.75. The molecule has 0 aliphatic heterocycles. The van der Waals surface area contributed by atoms with Crippen molar-refractivity contribution < 1.29 is 4.79 Å². The monoisotopic (exact) mass is 235 g/mol. The molecule has 0 fully saturated rings. The Balaban J connectivity index is 2.79. The molecule has 1 aromatic carbocycles. The summed E-state index contributed by atoms with van der Waals surface area (Å²) in [6.45, 7) is 4.27. The van der Waals surface area contributed by atoms with Crippen LogP contribution in [-0.2, 0) is 0 Å². The number of nitrogens with two attached hydrogens (primary N) is 1. The van der Waals surface area contributed by atoms with E-state index >= 15 is 0 Å². The van der Waals surface area contributed by atoms with Crippen LogP contribution < -0.4 is 16.4 Å². The van der Waals surface area contributed by atoms with E-state index < -0.39 is 0 Å². The quantitative estimate of drug-likeness (QED) is 0.686. The molecule has 0 saturated heterocycles. The van der Waals surface area contributed by atoms with Gasteiger partial charge in [0.15, 0.2) is 0 Å². The van der Waals surface area contributed by atoms with Gasteiger partial charge in [-0.05, 0) is 31.5 Å². The first-order valence-electron chi connectivity index (χ1n) is 5.96. The minimum atomic E-state index is -0.121. The van der Waals surface area contributed by atoms with Gasteiger partial charge in [-0.2, -0.15) is 0 Å². The summed E-state index contributed by atoms with van der Waals surface area (Å²) in [5, 5.41) is 5.91. The average Bonchev–Trinajstić information content (AvgIpc) is 2.31. The summed E-state index contributed by atoms with van der Waals surface area (Å²) >= 11 is 0. The predicted octanol–water partition coefficient (Wildman–Crippen LogP) is 2.23. The summed E-state index contributed by atoms with van der Waals surface area (Å²) in [6.07, 6.45) is 2.22. The van der Waals surface area contributed by atoms with Crippen LogP contribution in [0.2, 0.25) is 0 Å². The van der Waals surface area contributed by atoms with E-state index in [0.29, 0.717) is 17.3 Å². The van der Waals surface area contributed by atoms with Crippen LogP contribution in [0, 0.1) is 0 Å². The minimum absolute atomic E-state index is 0.121. The number of carbonyl (C=O) groups is 1. The summed E-state index contributed by atoms with van der Waals surface area (Å²) in [5.74, 6) is -0.121. The Bertz CT molecular complexity index is 390. The Hall–Kier alpha value is -1.71. The summed E-state index contributed by atoms with van der Waals surface area (Å²) in [7, 11) is 1.61. The SMILES string of the molecule is CCCC(C)Nc1ccc(C(=O)NC)cc1N. The summed E-state index contributed by atoms with van der Waals surface area (Å²) < 4.78 is 0.